The number of ether oxygens (including phenoxy) is 1. The van der Waals surface area contributed by atoms with Gasteiger partial charge in [0.1, 0.15) is 0 Å². The van der Waals surface area contributed by atoms with Crippen LogP contribution in [0.15, 0.2) is 54.6 Å². The molecule has 3 rings (SSSR count). The van der Waals surface area contributed by atoms with Gasteiger partial charge in [-0.3, -0.25) is 4.79 Å². The Bertz CT molecular complexity index is 757. The van der Waals surface area contributed by atoms with Crippen molar-refractivity contribution in [2.75, 3.05) is 13.7 Å². The molecule has 0 aromatic heterocycles. The topological polar surface area (TPSA) is 66.8 Å². The zero-order chi connectivity index (χ0) is 18.5. The van der Waals surface area contributed by atoms with Crippen molar-refractivity contribution in [1.82, 2.24) is 4.90 Å². The monoisotopic (exact) mass is 353 g/mol. The summed E-state index contributed by atoms with van der Waals surface area (Å²) in [6.07, 6.45) is 1.47. The van der Waals surface area contributed by atoms with Crippen molar-refractivity contribution in [2.24, 2.45) is 5.92 Å². The van der Waals surface area contributed by atoms with Crippen LogP contribution < -0.4 is 0 Å². The fourth-order valence-corrected chi connectivity index (χ4v) is 3.39. The number of carbonyl (C=O) groups is 2. The van der Waals surface area contributed by atoms with Gasteiger partial charge in [-0.1, -0.05) is 42.5 Å². The van der Waals surface area contributed by atoms with Crippen molar-refractivity contribution in [3.05, 3.63) is 71.3 Å². The molecule has 1 saturated heterocycles. The summed E-state index contributed by atoms with van der Waals surface area (Å²) in [4.78, 5) is 25.7. The number of benzene rings is 2. The Kier molecular flexibility index (Phi) is 5.68. The number of nitrogens with zero attached hydrogens (tertiary/aromatic N) is 1. The number of amides is 1. The number of carboxylic acids is 1. The molecule has 2 aromatic rings. The number of aromatic carboxylic acids is 1. The third kappa shape index (κ3) is 4.11. The van der Waals surface area contributed by atoms with Gasteiger partial charge in [-0.15, -0.1) is 0 Å². The van der Waals surface area contributed by atoms with Crippen LogP contribution in [0.3, 0.4) is 0 Å². The molecule has 136 valence electrons. The molecule has 1 aliphatic heterocycles. The predicted octanol–water partition coefficient (Wildman–Crippen LogP) is 3.51. The van der Waals surface area contributed by atoms with Crippen molar-refractivity contribution < 1.29 is 19.4 Å². The van der Waals surface area contributed by atoms with Gasteiger partial charge < -0.3 is 14.7 Å². The molecule has 1 heterocycles. The molecule has 5 nitrogen and oxygen atoms in total. The van der Waals surface area contributed by atoms with Crippen LogP contribution in [0.25, 0.3) is 0 Å². The van der Waals surface area contributed by atoms with Crippen LogP contribution in [0, 0.1) is 5.92 Å². The van der Waals surface area contributed by atoms with Crippen LogP contribution in [0.4, 0.5) is 0 Å². The highest BCUT2D eigenvalue weighted by Gasteiger charge is 2.34. The van der Waals surface area contributed by atoms with E-state index in [-0.39, 0.29) is 23.5 Å². The highest BCUT2D eigenvalue weighted by atomic mass is 16.5. The van der Waals surface area contributed by atoms with E-state index in [2.05, 4.69) is 0 Å². The van der Waals surface area contributed by atoms with E-state index in [1.54, 1.807) is 36.2 Å². The van der Waals surface area contributed by atoms with E-state index in [1.165, 1.54) is 0 Å². The summed E-state index contributed by atoms with van der Waals surface area (Å²) in [7, 11) is 1.78. The Morgan fingerprint density at radius 2 is 1.81 bits per heavy atom. The number of hydrogen-bond donors (Lipinski definition) is 1. The molecule has 1 N–H and O–H groups in total. The molecule has 2 atom stereocenters. The van der Waals surface area contributed by atoms with E-state index in [4.69, 9.17) is 9.84 Å². The van der Waals surface area contributed by atoms with Crippen LogP contribution >= 0.6 is 0 Å². The number of carbonyl (C=O) groups excluding carboxylic acids is 1. The molecule has 0 aliphatic carbocycles. The number of carboxylic acid groups (broad SMARTS) is 1. The third-order valence-electron chi connectivity index (χ3n) is 4.76. The van der Waals surface area contributed by atoms with Crippen LogP contribution in [-0.2, 0) is 16.1 Å². The van der Waals surface area contributed by atoms with Gasteiger partial charge in [-0.25, -0.2) is 4.79 Å². The molecule has 2 aromatic carbocycles. The first-order valence-corrected chi connectivity index (χ1v) is 8.80. The van der Waals surface area contributed by atoms with Gasteiger partial charge in [0.2, 0.25) is 5.91 Å². The standard InChI is InChI=1S/C21H23NO4/c1-22(14-15-9-11-17(12-10-15)21(24)25)20(23)18-8-5-13-26-19(18)16-6-3-2-4-7-16/h2-4,6-7,9-12,18-19H,5,8,13-14H2,1H3,(H,24,25)/t18-,19-/m0/s1. The molecule has 26 heavy (non-hydrogen) atoms. The SMILES string of the molecule is CN(Cc1ccc(C(=O)O)cc1)C(=O)[C@H]1CCCO[C@H]1c1ccccc1. The summed E-state index contributed by atoms with van der Waals surface area (Å²) < 4.78 is 5.93. The van der Waals surface area contributed by atoms with E-state index in [0.29, 0.717) is 13.2 Å². The van der Waals surface area contributed by atoms with Gasteiger partial charge in [0.15, 0.2) is 0 Å². The zero-order valence-electron chi connectivity index (χ0n) is 14.8. The Balaban J connectivity index is 1.70. The van der Waals surface area contributed by atoms with E-state index >= 15 is 0 Å². The summed E-state index contributed by atoms with van der Waals surface area (Å²) in [5, 5.41) is 8.97. The summed E-state index contributed by atoms with van der Waals surface area (Å²) in [6.45, 7) is 1.11. The molecule has 0 saturated carbocycles. The lowest BCUT2D eigenvalue weighted by Crippen LogP contribution is -2.38. The third-order valence-corrected chi connectivity index (χ3v) is 4.76. The predicted molar refractivity (Wildman–Crippen MR) is 97.7 cm³/mol. The molecule has 5 heteroatoms. The summed E-state index contributed by atoms with van der Waals surface area (Å²) in [5.74, 6) is -1.10. The zero-order valence-corrected chi connectivity index (χ0v) is 14.8. The summed E-state index contributed by atoms with van der Waals surface area (Å²) >= 11 is 0. The Morgan fingerprint density at radius 3 is 2.46 bits per heavy atom. The second-order valence-corrected chi connectivity index (χ2v) is 6.65. The number of rotatable bonds is 5. The minimum absolute atomic E-state index is 0.0564. The average Bonchev–Trinajstić information content (AvgIpc) is 2.68. The molecule has 1 amide bonds. The smallest absolute Gasteiger partial charge is 0.335 e. The van der Waals surface area contributed by atoms with Crippen molar-refractivity contribution in [2.45, 2.75) is 25.5 Å². The quantitative estimate of drug-likeness (QED) is 0.893. The van der Waals surface area contributed by atoms with Gasteiger partial charge >= 0.3 is 5.97 Å². The summed E-state index contributed by atoms with van der Waals surface area (Å²) in [6, 6.07) is 16.5. The van der Waals surface area contributed by atoms with Crippen molar-refractivity contribution in [3.63, 3.8) is 0 Å². The maximum Gasteiger partial charge on any atom is 0.335 e. The van der Waals surface area contributed by atoms with Gasteiger partial charge in [-0.2, -0.15) is 0 Å². The minimum atomic E-state index is -0.953. The second-order valence-electron chi connectivity index (χ2n) is 6.65. The van der Waals surface area contributed by atoms with Crippen molar-refractivity contribution >= 4 is 11.9 Å². The first-order valence-electron chi connectivity index (χ1n) is 8.80. The lowest BCUT2D eigenvalue weighted by molar-refractivity contribution is -0.144. The van der Waals surface area contributed by atoms with Crippen LogP contribution in [0.1, 0.15) is 40.4 Å². The van der Waals surface area contributed by atoms with E-state index in [9.17, 15) is 9.59 Å². The summed E-state index contributed by atoms with van der Waals surface area (Å²) in [5.41, 5.74) is 2.18. The van der Waals surface area contributed by atoms with Gasteiger partial charge in [0.05, 0.1) is 17.6 Å². The molecular weight excluding hydrogens is 330 g/mol. The number of hydrogen-bond acceptors (Lipinski definition) is 3. The Morgan fingerprint density at radius 1 is 1.12 bits per heavy atom. The minimum Gasteiger partial charge on any atom is -0.478 e. The largest absolute Gasteiger partial charge is 0.478 e. The average molecular weight is 353 g/mol. The highest BCUT2D eigenvalue weighted by molar-refractivity contribution is 5.87. The lowest BCUT2D eigenvalue weighted by atomic mass is 9.88. The van der Waals surface area contributed by atoms with Crippen LogP contribution in [0.2, 0.25) is 0 Å². The Hall–Kier alpha value is -2.66. The maximum atomic E-state index is 13.0. The molecule has 0 spiro atoms. The van der Waals surface area contributed by atoms with Gasteiger partial charge in [-0.05, 0) is 36.1 Å². The van der Waals surface area contributed by atoms with E-state index < -0.39 is 5.97 Å². The lowest BCUT2D eigenvalue weighted by Gasteiger charge is -2.33. The van der Waals surface area contributed by atoms with Gasteiger partial charge in [0, 0.05) is 20.2 Å². The highest BCUT2D eigenvalue weighted by Crippen LogP contribution is 2.34. The van der Waals surface area contributed by atoms with E-state index in [1.807, 2.05) is 30.3 Å². The van der Waals surface area contributed by atoms with Crippen LogP contribution in [-0.4, -0.2) is 35.5 Å². The molecule has 0 radical (unpaired) electrons. The first kappa shape index (κ1) is 18.1. The first-order chi connectivity index (χ1) is 12.6. The fraction of sp³-hybridized carbons (Fsp3) is 0.333. The van der Waals surface area contributed by atoms with E-state index in [0.717, 1.165) is 24.0 Å². The maximum absolute atomic E-state index is 13.0. The molecule has 1 fully saturated rings. The second kappa shape index (κ2) is 8.15. The van der Waals surface area contributed by atoms with Crippen molar-refractivity contribution in [3.8, 4) is 0 Å². The molecular formula is C21H23NO4. The normalized spacial score (nSPS) is 19.7. The van der Waals surface area contributed by atoms with Crippen LogP contribution in [0.5, 0.6) is 0 Å². The Labute approximate surface area is 153 Å². The fourth-order valence-electron chi connectivity index (χ4n) is 3.39. The van der Waals surface area contributed by atoms with Crippen molar-refractivity contribution in [1.29, 1.82) is 0 Å². The molecule has 0 unspecified atom stereocenters. The molecule has 0 bridgehead atoms. The molecule has 1 aliphatic rings. The van der Waals surface area contributed by atoms with Gasteiger partial charge in [0.25, 0.3) is 0 Å².